The molecule has 1 aromatic carbocycles. The summed E-state index contributed by atoms with van der Waals surface area (Å²) in [5.74, 6) is -3.14. The number of aromatic nitrogens is 2. The number of rotatable bonds is 4. The predicted octanol–water partition coefficient (Wildman–Crippen LogP) is 3.62. The van der Waals surface area contributed by atoms with Gasteiger partial charge in [-0.25, -0.2) is 17.9 Å². The van der Waals surface area contributed by atoms with Gasteiger partial charge in [0.1, 0.15) is 5.69 Å². The highest BCUT2D eigenvalue weighted by Crippen LogP contribution is 2.18. The number of alkyl halides is 1. The molecule has 18 heavy (non-hydrogen) atoms. The average Bonchev–Trinajstić information content (AvgIpc) is 2.79. The lowest BCUT2D eigenvalue weighted by Gasteiger charge is -2.03. The Bertz CT molecular complexity index is 554. The van der Waals surface area contributed by atoms with Gasteiger partial charge in [-0.3, -0.25) is 0 Å². The van der Waals surface area contributed by atoms with Crippen molar-refractivity contribution >= 4 is 15.9 Å². The smallest absolute Gasteiger partial charge is 0.161 e. The predicted molar refractivity (Wildman–Crippen MR) is 65.6 cm³/mol. The molecule has 0 N–H and O–H groups in total. The molecule has 2 nitrogen and oxygen atoms in total. The minimum Gasteiger partial charge on any atom is -0.238 e. The first-order chi connectivity index (χ1) is 8.61. The zero-order valence-electron chi connectivity index (χ0n) is 9.34. The first-order valence-corrected chi connectivity index (χ1v) is 6.48. The van der Waals surface area contributed by atoms with Crippen molar-refractivity contribution in [2.75, 3.05) is 5.33 Å². The second-order valence-corrected chi connectivity index (χ2v) is 4.60. The molecule has 0 atom stereocenters. The molecule has 96 valence electrons. The maximum atomic E-state index is 13.5. The van der Waals surface area contributed by atoms with Crippen LogP contribution in [0.15, 0.2) is 24.5 Å². The summed E-state index contributed by atoms with van der Waals surface area (Å²) in [7, 11) is 0. The van der Waals surface area contributed by atoms with E-state index in [0.717, 1.165) is 29.8 Å². The van der Waals surface area contributed by atoms with Crippen LogP contribution in [0.25, 0.3) is 5.69 Å². The van der Waals surface area contributed by atoms with Crippen LogP contribution in [0, 0.1) is 17.5 Å². The number of nitrogens with zero attached hydrogens (tertiary/aromatic N) is 2. The van der Waals surface area contributed by atoms with Crippen molar-refractivity contribution in [2.45, 2.75) is 12.8 Å². The molecule has 0 aliphatic carbocycles. The minimum absolute atomic E-state index is 0.0982. The van der Waals surface area contributed by atoms with E-state index in [1.165, 1.54) is 4.68 Å². The number of hydrogen-bond donors (Lipinski definition) is 0. The van der Waals surface area contributed by atoms with Crippen molar-refractivity contribution in [3.05, 3.63) is 47.5 Å². The van der Waals surface area contributed by atoms with Gasteiger partial charge < -0.3 is 0 Å². The van der Waals surface area contributed by atoms with Gasteiger partial charge in [0.2, 0.25) is 0 Å². The van der Waals surface area contributed by atoms with Crippen LogP contribution in [0.5, 0.6) is 0 Å². The van der Waals surface area contributed by atoms with Crippen LogP contribution in [0.2, 0.25) is 0 Å². The van der Waals surface area contributed by atoms with E-state index >= 15 is 0 Å². The van der Waals surface area contributed by atoms with E-state index in [9.17, 15) is 13.2 Å². The van der Waals surface area contributed by atoms with Crippen LogP contribution in [-0.4, -0.2) is 15.1 Å². The molecule has 0 bridgehead atoms. The van der Waals surface area contributed by atoms with Crippen molar-refractivity contribution < 1.29 is 13.2 Å². The quantitative estimate of drug-likeness (QED) is 0.622. The van der Waals surface area contributed by atoms with Gasteiger partial charge in [-0.2, -0.15) is 5.10 Å². The van der Waals surface area contributed by atoms with Gasteiger partial charge in [-0.05, 0) is 18.4 Å². The standard InChI is InChI=1S/C12H10BrF3N2/c13-3-1-2-8-6-17-18(7-8)12-5-10(15)9(14)4-11(12)16/h4-7H,1-3H2. The highest BCUT2D eigenvalue weighted by Gasteiger charge is 2.12. The summed E-state index contributed by atoms with van der Waals surface area (Å²) >= 11 is 3.31. The van der Waals surface area contributed by atoms with Crippen molar-refractivity contribution in [1.82, 2.24) is 9.78 Å². The molecule has 0 saturated heterocycles. The number of hydrogen-bond acceptors (Lipinski definition) is 1. The Hall–Kier alpha value is -1.30. The fourth-order valence-corrected chi connectivity index (χ4v) is 1.86. The zero-order chi connectivity index (χ0) is 13.1. The molecule has 1 heterocycles. The monoisotopic (exact) mass is 318 g/mol. The van der Waals surface area contributed by atoms with Crippen LogP contribution < -0.4 is 0 Å². The lowest BCUT2D eigenvalue weighted by atomic mass is 10.2. The Balaban J connectivity index is 2.31. The third kappa shape index (κ3) is 2.75. The molecule has 2 aromatic rings. The lowest BCUT2D eigenvalue weighted by Crippen LogP contribution is -2.00. The minimum atomic E-state index is -1.21. The molecule has 0 amide bonds. The van der Waals surface area contributed by atoms with Crippen LogP contribution in [0.1, 0.15) is 12.0 Å². The SMILES string of the molecule is Fc1cc(F)c(-n2cc(CCCBr)cn2)cc1F. The van der Waals surface area contributed by atoms with Crippen LogP contribution in [0.4, 0.5) is 13.2 Å². The van der Waals surface area contributed by atoms with Crippen LogP contribution in [0.3, 0.4) is 0 Å². The molecule has 6 heteroatoms. The van der Waals surface area contributed by atoms with Crippen molar-refractivity contribution in [3.8, 4) is 5.69 Å². The van der Waals surface area contributed by atoms with Crippen molar-refractivity contribution in [3.63, 3.8) is 0 Å². The third-order valence-corrected chi connectivity index (χ3v) is 3.03. The largest absolute Gasteiger partial charge is 0.238 e. The molecule has 1 aromatic heterocycles. The summed E-state index contributed by atoms with van der Waals surface area (Å²) in [6.45, 7) is 0. The van der Waals surface area contributed by atoms with Crippen LogP contribution >= 0.6 is 15.9 Å². The molecular formula is C12H10BrF3N2. The van der Waals surface area contributed by atoms with E-state index in [4.69, 9.17) is 0 Å². The van der Waals surface area contributed by atoms with Gasteiger partial charge in [0.05, 0.1) is 6.20 Å². The Kier molecular flexibility index (Phi) is 4.06. The number of aryl methyl sites for hydroxylation is 1. The Labute approximate surface area is 111 Å². The van der Waals surface area contributed by atoms with Crippen LogP contribution in [-0.2, 0) is 6.42 Å². The lowest BCUT2D eigenvalue weighted by molar-refractivity contribution is 0.491. The Morgan fingerprint density at radius 2 is 1.83 bits per heavy atom. The van der Waals surface area contributed by atoms with Crippen molar-refractivity contribution in [2.24, 2.45) is 0 Å². The summed E-state index contributed by atoms with van der Waals surface area (Å²) in [4.78, 5) is 0. The summed E-state index contributed by atoms with van der Waals surface area (Å²) < 4.78 is 40.6. The maximum absolute atomic E-state index is 13.5. The summed E-state index contributed by atoms with van der Waals surface area (Å²) in [6, 6.07) is 1.32. The summed E-state index contributed by atoms with van der Waals surface area (Å²) in [5.41, 5.74) is 0.817. The zero-order valence-corrected chi connectivity index (χ0v) is 10.9. The highest BCUT2D eigenvalue weighted by atomic mass is 79.9. The average molecular weight is 319 g/mol. The molecular weight excluding hydrogens is 309 g/mol. The van der Waals surface area contributed by atoms with E-state index in [0.29, 0.717) is 6.07 Å². The van der Waals surface area contributed by atoms with Gasteiger partial charge in [-0.15, -0.1) is 0 Å². The Morgan fingerprint density at radius 3 is 2.56 bits per heavy atom. The molecule has 0 unspecified atom stereocenters. The fourth-order valence-electron chi connectivity index (χ4n) is 1.58. The molecule has 0 spiro atoms. The molecule has 0 aliphatic heterocycles. The topological polar surface area (TPSA) is 17.8 Å². The first kappa shape index (κ1) is 13.1. The van der Waals surface area contributed by atoms with E-state index in [1.54, 1.807) is 12.4 Å². The van der Waals surface area contributed by atoms with Gasteiger partial charge in [0, 0.05) is 23.7 Å². The molecule has 0 saturated carbocycles. The third-order valence-electron chi connectivity index (χ3n) is 2.47. The van der Waals surface area contributed by atoms with E-state index in [2.05, 4.69) is 21.0 Å². The first-order valence-electron chi connectivity index (χ1n) is 5.36. The molecule has 0 fully saturated rings. The van der Waals surface area contributed by atoms with Crippen molar-refractivity contribution in [1.29, 1.82) is 0 Å². The maximum Gasteiger partial charge on any atom is 0.161 e. The second-order valence-electron chi connectivity index (χ2n) is 3.80. The number of benzene rings is 1. The second kappa shape index (κ2) is 5.56. The fraction of sp³-hybridized carbons (Fsp3) is 0.250. The molecule has 2 rings (SSSR count). The highest BCUT2D eigenvalue weighted by molar-refractivity contribution is 9.09. The van der Waals surface area contributed by atoms with Gasteiger partial charge in [0.25, 0.3) is 0 Å². The number of halogens is 4. The van der Waals surface area contributed by atoms with E-state index < -0.39 is 17.5 Å². The van der Waals surface area contributed by atoms with Gasteiger partial charge >= 0.3 is 0 Å². The van der Waals surface area contributed by atoms with Gasteiger partial charge in [-0.1, -0.05) is 15.9 Å². The molecule has 0 radical (unpaired) electrons. The van der Waals surface area contributed by atoms with E-state index in [-0.39, 0.29) is 5.69 Å². The summed E-state index contributed by atoms with van der Waals surface area (Å²) in [5, 5.41) is 4.80. The normalized spacial score (nSPS) is 10.9. The van der Waals surface area contributed by atoms with E-state index in [1.807, 2.05) is 0 Å². The summed E-state index contributed by atoms with van der Waals surface area (Å²) in [6.07, 6.45) is 4.91. The Morgan fingerprint density at radius 1 is 1.11 bits per heavy atom. The molecule has 0 aliphatic rings. The van der Waals surface area contributed by atoms with Gasteiger partial charge in [0.15, 0.2) is 17.5 Å².